The first kappa shape index (κ1) is 19.1. The summed E-state index contributed by atoms with van der Waals surface area (Å²) in [6.45, 7) is 1.40. The SMILES string of the molecule is O=C(Cn1c(=O)oc2ccccc21)N1CCN(c2cccc(C(F)(F)F)c2)CC1. The van der Waals surface area contributed by atoms with Crippen molar-refractivity contribution in [3.63, 3.8) is 0 Å². The molecule has 1 saturated heterocycles. The first-order valence-electron chi connectivity index (χ1n) is 9.11. The molecule has 1 aliphatic heterocycles. The molecule has 0 unspecified atom stereocenters. The van der Waals surface area contributed by atoms with Gasteiger partial charge in [0.05, 0.1) is 11.1 Å². The lowest BCUT2D eigenvalue weighted by Crippen LogP contribution is -2.50. The van der Waals surface area contributed by atoms with Gasteiger partial charge in [-0.1, -0.05) is 18.2 Å². The number of para-hydroxylation sites is 2. The molecule has 2 heterocycles. The average molecular weight is 405 g/mol. The van der Waals surface area contributed by atoms with Crippen LogP contribution in [-0.4, -0.2) is 41.6 Å². The first-order chi connectivity index (χ1) is 13.8. The number of carbonyl (C=O) groups is 1. The van der Waals surface area contributed by atoms with Gasteiger partial charge in [0.15, 0.2) is 5.58 Å². The minimum absolute atomic E-state index is 0.139. The molecule has 4 rings (SSSR count). The molecule has 0 bridgehead atoms. The van der Waals surface area contributed by atoms with E-state index in [0.29, 0.717) is 43.0 Å². The standard InChI is InChI=1S/C20H18F3N3O3/c21-20(22,23)14-4-3-5-15(12-14)24-8-10-25(11-9-24)18(27)13-26-16-6-1-2-7-17(16)29-19(26)28/h1-7,12H,8-11,13H2. The molecule has 9 heteroatoms. The molecule has 0 spiro atoms. The maximum absolute atomic E-state index is 12.9. The molecule has 6 nitrogen and oxygen atoms in total. The Hall–Kier alpha value is -3.23. The summed E-state index contributed by atoms with van der Waals surface area (Å²) < 4.78 is 45.2. The Morgan fingerprint density at radius 1 is 1.00 bits per heavy atom. The van der Waals surface area contributed by atoms with Crippen LogP contribution in [-0.2, 0) is 17.5 Å². The molecule has 3 aromatic rings. The van der Waals surface area contributed by atoms with Gasteiger partial charge in [-0.15, -0.1) is 0 Å². The lowest BCUT2D eigenvalue weighted by Gasteiger charge is -2.36. The Morgan fingerprint density at radius 3 is 2.45 bits per heavy atom. The highest BCUT2D eigenvalue weighted by Crippen LogP contribution is 2.31. The number of halogens is 3. The summed E-state index contributed by atoms with van der Waals surface area (Å²) >= 11 is 0. The summed E-state index contributed by atoms with van der Waals surface area (Å²) in [4.78, 5) is 28.1. The number of benzene rings is 2. The van der Waals surface area contributed by atoms with Crippen molar-refractivity contribution in [3.8, 4) is 0 Å². The van der Waals surface area contributed by atoms with Gasteiger partial charge in [-0.05, 0) is 30.3 Å². The summed E-state index contributed by atoms with van der Waals surface area (Å²) in [5, 5.41) is 0. The number of hydrogen-bond donors (Lipinski definition) is 0. The fraction of sp³-hybridized carbons (Fsp3) is 0.300. The zero-order valence-electron chi connectivity index (χ0n) is 15.4. The van der Waals surface area contributed by atoms with Crippen LogP contribution in [0.15, 0.2) is 57.7 Å². The average Bonchev–Trinajstić information content (AvgIpc) is 3.03. The molecular weight excluding hydrogens is 387 g/mol. The van der Waals surface area contributed by atoms with E-state index in [1.54, 1.807) is 35.2 Å². The predicted molar refractivity (Wildman–Crippen MR) is 101 cm³/mol. The number of alkyl halides is 3. The van der Waals surface area contributed by atoms with Crippen LogP contribution in [0.2, 0.25) is 0 Å². The van der Waals surface area contributed by atoms with Gasteiger partial charge in [-0.3, -0.25) is 9.36 Å². The van der Waals surface area contributed by atoms with E-state index in [1.807, 2.05) is 4.90 Å². The lowest BCUT2D eigenvalue weighted by molar-refractivity contribution is -0.137. The fourth-order valence-electron chi connectivity index (χ4n) is 3.49. The van der Waals surface area contributed by atoms with Gasteiger partial charge in [0.25, 0.3) is 0 Å². The Morgan fingerprint density at radius 2 is 1.72 bits per heavy atom. The molecule has 0 N–H and O–H groups in total. The highest BCUT2D eigenvalue weighted by molar-refractivity contribution is 5.79. The van der Waals surface area contributed by atoms with Gasteiger partial charge in [0.1, 0.15) is 6.54 Å². The number of aromatic nitrogens is 1. The van der Waals surface area contributed by atoms with Crippen molar-refractivity contribution in [2.75, 3.05) is 31.1 Å². The van der Waals surface area contributed by atoms with E-state index in [4.69, 9.17) is 4.42 Å². The van der Waals surface area contributed by atoms with Crippen molar-refractivity contribution in [2.24, 2.45) is 0 Å². The summed E-state index contributed by atoms with van der Waals surface area (Å²) in [7, 11) is 0. The summed E-state index contributed by atoms with van der Waals surface area (Å²) in [6, 6.07) is 12.0. The summed E-state index contributed by atoms with van der Waals surface area (Å²) in [6.07, 6.45) is -4.39. The van der Waals surface area contributed by atoms with Crippen molar-refractivity contribution < 1.29 is 22.4 Å². The number of carbonyl (C=O) groups excluding carboxylic acids is 1. The van der Waals surface area contributed by atoms with Crippen LogP contribution in [0.1, 0.15) is 5.56 Å². The Balaban J connectivity index is 1.43. The molecule has 1 aliphatic rings. The van der Waals surface area contributed by atoms with Crippen LogP contribution in [0, 0.1) is 0 Å². The third kappa shape index (κ3) is 3.85. The minimum Gasteiger partial charge on any atom is -0.408 e. The smallest absolute Gasteiger partial charge is 0.408 e. The lowest BCUT2D eigenvalue weighted by atomic mass is 10.1. The van der Waals surface area contributed by atoms with Gasteiger partial charge in [-0.25, -0.2) is 4.79 Å². The molecular formula is C20H18F3N3O3. The molecule has 2 aromatic carbocycles. The maximum atomic E-state index is 12.9. The van der Waals surface area contributed by atoms with Crippen LogP contribution in [0.4, 0.5) is 18.9 Å². The minimum atomic E-state index is -4.39. The van der Waals surface area contributed by atoms with Gasteiger partial charge in [0, 0.05) is 31.9 Å². The highest BCUT2D eigenvalue weighted by Gasteiger charge is 2.31. The Labute approximate surface area is 163 Å². The number of hydrogen-bond acceptors (Lipinski definition) is 4. The van der Waals surface area contributed by atoms with E-state index in [1.165, 1.54) is 10.6 Å². The van der Waals surface area contributed by atoms with Crippen LogP contribution < -0.4 is 10.7 Å². The molecule has 0 radical (unpaired) electrons. The molecule has 1 amide bonds. The predicted octanol–water partition coefficient (Wildman–Crippen LogP) is 2.96. The second-order valence-corrected chi connectivity index (χ2v) is 6.84. The van der Waals surface area contributed by atoms with E-state index < -0.39 is 17.5 Å². The molecule has 0 atom stereocenters. The topological polar surface area (TPSA) is 58.7 Å². The van der Waals surface area contributed by atoms with Gasteiger partial charge in [0.2, 0.25) is 5.91 Å². The molecule has 1 fully saturated rings. The van der Waals surface area contributed by atoms with E-state index in [0.717, 1.165) is 12.1 Å². The number of amides is 1. The van der Waals surface area contributed by atoms with Crippen molar-refractivity contribution in [2.45, 2.75) is 12.7 Å². The van der Waals surface area contributed by atoms with Crippen LogP contribution in [0.5, 0.6) is 0 Å². The Kier molecular flexibility index (Phi) is 4.81. The molecule has 1 aromatic heterocycles. The van der Waals surface area contributed by atoms with Crippen LogP contribution in [0.3, 0.4) is 0 Å². The maximum Gasteiger partial charge on any atom is 0.420 e. The summed E-state index contributed by atoms with van der Waals surface area (Å²) in [5.74, 6) is -0.829. The summed E-state index contributed by atoms with van der Waals surface area (Å²) in [5.41, 5.74) is 0.747. The molecule has 0 aliphatic carbocycles. The zero-order valence-corrected chi connectivity index (χ0v) is 15.4. The molecule has 0 saturated carbocycles. The quantitative estimate of drug-likeness (QED) is 0.672. The van der Waals surface area contributed by atoms with Gasteiger partial charge in [-0.2, -0.15) is 13.2 Å². The number of nitrogens with zero attached hydrogens (tertiary/aromatic N) is 3. The molecule has 152 valence electrons. The third-order valence-electron chi connectivity index (χ3n) is 5.04. The van der Waals surface area contributed by atoms with Gasteiger partial charge >= 0.3 is 11.9 Å². The Bertz CT molecular complexity index is 1100. The monoisotopic (exact) mass is 405 g/mol. The fourth-order valence-corrected chi connectivity index (χ4v) is 3.49. The van der Waals surface area contributed by atoms with E-state index >= 15 is 0 Å². The number of fused-ring (bicyclic) bond motifs is 1. The molecule has 29 heavy (non-hydrogen) atoms. The van der Waals surface area contributed by atoms with Crippen LogP contribution in [0.25, 0.3) is 11.1 Å². The number of anilines is 1. The van der Waals surface area contributed by atoms with Crippen LogP contribution >= 0.6 is 0 Å². The first-order valence-corrected chi connectivity index (χ1v) is 9.11. The van der Waals surface area contributed by atoms with Crippen molar-refractivity contribution in [1.29, 1.82) is 0 Å². The third-order valence-corrected chi connectivity index (χ3v) is 5.04. The van der Waals surface area contributed by atoms with E-state index in [9.17, 15) is 22.8 Å². The number of rotatable bonds is 3. The second-order valence-electron chi connectivity index (χ2n) is 6.84. The van der Waals surface area contributed by atoms with Crippen molar-refractivity contribution in [3.05, 3.63) is 64.6 Å². The number of oxazole rings is 1. The number of piperazine rings is 1. The normalized spacial score (nSPS) is 15.1. The highest BCUT2D eigenvalue weighted by atomic mass is 19.4. The van der Waals surface area contributed by atoms with E-state index in [2.05, 4.69) is 0 Å². The van der Waals surface area contributed by atoms with Crippen molar-refractivity contribution >= 4 is 22.7 Å². The largest absolute Gasteiger partial charge is 0.420 e. The second kappa shape index (κ2) is 7.31. The zero-order chi connectivity index (χ0) is 20.6. The van der Waals surface area contributed by atoms with E-state index in [-0.39, 0.29) is 12.5 Å². The van der Waals surface area contributed by atoms with Gasteiger partial charge < -0.3 is 14.2 Å². The van der Waals surface area contributed by atoms with Crippen molar-refractivity contribution in [1.82, 2.24) is 9.47 Å².